The van der Waals surface area contributed by atoms with Crippen molar-refractivity contribution in [2.24, 2.45) is 5.92 Å². The highest BCUT2D eigenvalue weighted by Crippen LogP contribution is 2.26. The van der Waals surface area contributed by atoms with Gasteiger partial charge in [0.2, 0.25) is 10.0 Å². The molecule has 0 N–H and O–H groups in total. The van der Waals surface area contributed by atoms with Crippen molar-refractivity contribution in [1.29, 1.82) is 0 Å². The predicted molar refractivity (Wildman–Crippen MR) is 110 cm³/mol. The van der Waals surface area contributed by atoms with E-state index in [1.807, 2.05) is 0 Å². The van der Waals surface area contributed by atoms with Gasteiger partial charge in [0.15, 0.2) is 17.1 Å². The van der Waals surface area contributed by atoms with E-state index >= 15 is 0 Å². The highest BCUT2D eigenvalue weighted by molar-refractivity contribution is 7.89. The van der Waals surface area contributed by atoms with Crippen LogP contribution in [0, 0.1) is 11.7 Å². The number of fused-ring (bicyclic) bond motifs is 1. The Hall–Kier alpha value is -2.65. The predicted octanol–water partition coefficient (Wildman–Crippen LogP) is 3.23. The van der Waals surface area contributed by atoms with Crippen molar-refractivity contribution in [3.05, 3.63) is 58.8 Å². The average molecular weight is 434 g/mol. The van der Waals surface area contributed by atoms with Gasteiger partial charge in [-0.1, -0.05) is 19.1 Å². The summed E-state index contributed by atoms with van der Waals surface area (Å²) < 4.78 is 53.0. The molecule has 0 amide bonds. The third kappa shape index (κ3) is 3.99. The lowest BCUT2D eigenvalue weighted by Crippen LogP contribution is -2.37. The lowest BCUT2D eigenvalue weighted by molar-refractivity contribution is 0.281. The van der Waals surface area contributed by atoms with Crippen LogP contribution in [0.5, 0.6) is 5.75 Å². The molecule has 1 aliphatic heterocycles. The van der Waals surface area contributed by atoms with Gasteiger partial charge < -0.3 is 9.15 Å². The first-order chi connectivity index (χ1) is 14.4. The maximum absolute atomic E-state index is 13.6. The van der Waals surface area contributed by atoms with Crippen LogP contribution >= 0.6 is 0 Å². The summed E-state index contributed by atoms with van der Waals surface area (Å²) in [5.74, 6) is -0.493. The number of aromatic nitrogens is 1. The Labute approximate surface area is 173 Å². The van der Waals surface area contributed by atoms with E-state index in [1.54, 1.807) is 18.2 Å². The first-order valence-corrected chi connectivity index (χ1v) is 11.3. The molecule has 1 fully saturated rings. The number of oxazole rings is 1. The molecular formula is C21H23FN2O5S. The number of nitrogens with zero attached hydrogens (tertiary/aromatic N) is 2. The summed E-state index contributed by atoms with van der Waals surface area (Å²) >= 11 is 0. The van der Waals surface area contributed by atoms with Crippen LogP contribution < -0.4 is 10.5 Å². The van der Waals surface area contributed by atoms with Crippen LogP contribution in [0.2, 0.25) is 0 Å². The summed E-state index contributed by atoms with van der Waals surface area (Å²) in [6.45, 7) is 3.28. The van der Waals surface area contributed by atoms with E-state index in [4.69, 9.17) is 9.15 Å². The van der Waals surface area contributed by atoms with Crippen LogP contribution in [0.3, 0.4) is 0 Å². The molecule has 160 valence electrons. The number of piperidine rings is 1. The van der Waals surface area contributed by atoms with Crippen molar-refractivity contribution in [3.8, 4) is 5.75 Å². The summed E-state index contributed by atoms with van der Waals surface area (Å²) in [5.41, 5.74) is 0.653. The van der Waals surface area contributed by atoms with Crippen molar-refractivity contribution in [1.82, 2.24) is 8.87 Å². The molecule has 0 spiro atoms. The molecule has 2 heterocycles. The minimum atomic E-state index is -3.64. The third-order valence-electron chi connectivity index (χ3n) is 5.43. The molecule has 0 radical (unpaired) electrons. The summed E-state index contributed by atoms with van der Waals surface area (Å²) in [4.78, 5) is 12.4. The molecule has 1 saturated heterocycles. The van der Waals surface area contributed by atoms with Gasteiger partial charge in [-0.3, -0.25) is 4.57 Å². The van der Waals surface area contributed by atoms with Crippen molar-refractivity contribution < 1.29 is 22.0 Å². The van der Waals surface area contributed by atoms with E-state index < -0.39 is 21.6 Å². The molecule has 2 aromatic carbocycles. The molecule has 7 nitrogen and oxygen atoms in total. The van der Waals surface area contributed by atoms with Crippen LogP contribution in [0.1, 0.15) is 19.8 Å². The molecule has 1 aromatic heterocycles. The summed E-state index contributed by atoms with van der Waals surface area (Å²) in [6.07, 6.45) is 1.66. The second-order valence-corrected chi connectivity index (χ2v) is 9.45. The van der Waals surface area contributed by atoms with E-state index in [2.05, 4.69) is 6.92 Å². The highest BCUT2D eigenvalue weighted by atomic mass is 32.2. The van der Waals surface area contributed by atoms with E-state index in [-0.39, 0.29) is 29.4 Å². The molecule has 9 heteroatoms. The molecule has 3 aromatic rings. The first-order valence-electron chi connectivity index (χ1n) is 9.87. The summed E-state index contributed by atoms with van der Waals surface area (Å²) in [5, 5.41) is 0. The molecule has 0 unspecified atom stereocenters. The number of halogens is 1. The maximum atomic E-state index is 13.6. The zero-order chi connectivity index (χ0) is 21.3. The quantitative estimate of drug-likeness (QED) is 0.595. The Bertz CT molecular complexity index is 1210. The molecule has 0 atom stereocenters. The Morgan fingerprint density at radius 3 is 2.63 bits per heavy atom. The van der Waals surface area contributed by atoms with Gasteiger partial charge in [0, 0.05) is 19.2 Å². The van der Waals surface area contributed by atoms with Crippen LogP contribution in [-0.2, 0) is 16.6 Å². The van der Waals surface area contributed by atoms with Crippen molar-refractivity contribution in [2.75, 3.05) is 19.7 Å². The van der Waals surface area contributed by atoms with Crippen molar-refractivity contribution in [2.45, 2.75) is 31.2 Å². The fourth-order valence-corrected chi connectivity index (χ4v) is 5.09. The van der Waals surface area contributed by atoms with Gasteiger partial charge in [0.25, 0.3) is 0 Å². The molecule has 4 rings (SSSR count). The molecule has 30 heavy (non-hydrogen) atoms. The number of benzene rings is 2. The molecule has 0 saturated carbocycles. The lowest BCUT2D eigenvalue weighted by atomic mass is 10.0. The second kappa shape index (κ2) is 8.23. The Balaban J connectivity index is 1.54. The van der Waals surface area contributed by atoms with Crippen LogP contribution in [0.4, 0.5) is 4.39 Å². The number of rotatable bonds is 6. The zero-order valence-electron chi connectivity index (χ0n) is 16.6. The number of sulfonamides is 1. The van der Waals surface area contributed by atoms with E-state index in [0.29, 0.717) is 24.5 Å². The molecular weight excluding hydrogens is 411 g/mol. The Morgan fingerprint density at radius 2 is 1.90 bits per heavy atom. The van der Waals surface area contributed by atoms with Crippen LogP contribution in [0.25, 0.3) is 11.1 Å². The van der Waals surface area contributed by atoms with Crippen molar-refractivity contribution in [3.63, 3.8) is 0 Å². The minimum Gasteiger partial charge on any atom is -0.489 e. The summed E-state index contributed by atoms with van der Waals surface area (Å²) in [7, 11) is -3.64. The minimum absolute atomic E-state index is 0.0570. The average Bonchev–Trinajstić information content (AvgIpc) is 3.04. The molecule has 1 aliphatic rings. The summed E-state index contributed by atoms with van der Waals surface area (Å²) in [6, 6.07) is 10.4. The van der Waals surface area contributed by atoms with Gasteiger partial charge in [-0.2, -0.15) is 4.31 Å². The van der Waals surface area contributed by atoms with Crippen LogP contribution in [-0.4, -0.2) is 37.0 Å². The number of hydrogen-bond acceptors (Lipinski definition) is 5. The number of para-hydroxylation sites is 1. The van der Waals surface area contributed by atoms with Gasteiger partial charge in [0.05, 0.1) is 17.0 Å². The topological polar surface area (TPSA) is 81.8 Å². The van der Waals surface area contributed by atoms with Crippen LogP contribution in [0.15, 0.2) is 56.6 Å². The number of ether oxygens (including phenoxy) is 1. The molecule has 0 aliphatic carbocycles. The van der Waals surface area contributed by atoms with Crippen molar-refractivity contribution >= 4 is 21.1 Å². The number of hydrogen-bond donors (Lipinski definition) is 0. The van der Waals surface area contributed by atoms with Gasteiger partial charge in [0.1, 0.15) is 6.61 Å². The Morgan fingerprint density at radius 1 is 1.17 bits per heavy atom. The fraction of sp³-hybridized carbons (Fsp3) is 0.381. The lowest BCUT2D eigenvalue weighted by Gasteiger charge is -2.29. The van der Waals surface area contributed by atoms with Gasteiger partial charge in [-0.05, 0) is 43.0 Å². The highest BCUT2D eigenvalue weighted by Gasteiger charge is 2.28. The first kappa shape index (κ1) is 20.6. The fourth-order valence-electron chi connectivity index (χ4n) is 3.60. The molecule has 0 bridgehead atoms. The largest absolute Gasteiger partial charge is 0.489 e. The maximum Gasteiger partial charge on any atom is 0.420 e. The third-order valence-corrected chi connectivity index (χ3v) is 7.32. The normalized spacial score (nSPS) is 16.2. The van der Waals surface area contributed by atoms with Gasteiger partial charge >= 0.3 is 5.76 Å². The van der Waals surface area contributed by atoms with Gasteiger partial charge in [-0.15, -0.1) is 0 Å². The standard InChI is InChI=1S/C21H23FN2O5S/c1-15-8-10-23(11-9-15)30(26,27)16-6-7-18-20(14-16)29-21(25)24(18)12-13-28-19-5-3-2-4-17(19)22/h2-7,14-15H,8-13H2,1H3. The van der Waals surface area contributed by atoms with E-state index in [0.717, 1.165) is 12.8 Å². The Kier molecular flexibility index (Phi) is 5.66. The zero-order valence-corrected chi connectivity index (χ0v) is 17.4. The second-order valence-electron chi connectivity index (χ2n) is 7.51. The SMILES string of the molecule is CC1CCN(S(=O)(=O)c2ccc3c(c2)oc(=O)n3CCOc2ccccc2F)CC1. The van der Waals surface area contributed by atoms with Gasteiger partial charge in [-0.25, -0.2) is 17.6 Å². The monoisotopic (exact) mass is 434 g/mol. The van der Waals surface area contributed by atoms with E-state index in [1.165, 1.54) is 33.1 Å². The van der Waals surface area contributed by atoms with E-state index in [9.17, 15) is 17.6 Å². The smallest absolute Gasteiger partial charge is 0.420 e.